The van der Waals surface area contributed by atoms with Gasteiger partial charge in [0, 0.05) is 28.7 Å². The third kappa shape index (κ3) is 6.28. The molecule has 5 heteroatoms. The zero-order valence-electron chi connectivity index (χ0n) is 16.5. The van der Waals surface area contributed by atoms with E-state index in [1.807, 2.05) is 18.2 Å². The Bertz CT molecular complexity index is 672. The molecule has 2 bridgehead atoms. The highest BCUT2D eigenvalue weighted by atomic mass is 32.2. The second kappa shape index (κ2) is 10.9. The Morgan fingerprint density at radius 3 is 2.61 bits per heavy atom. The minimum absolute atomic E-state index is 0.235. The van der Waals surface area contributed by atoms with E-state index in [4.69, 9.17) is 9.84 Å². The van der Waals surface area contributed by atoms with Crippen LogP contribution in [-0.4, -0.2) is 39.0 Å². The van der Waals surface area contributed by atoms with Gasteiger partial charge in [-0.2, -0.15) is 0 Å². The van der Waals surface area contributed by atoms with Gasteiger partial charge in [-0.3, -0.25) is 9.00 Å². The van der Waals surface area contributed by atoms with Gasteiger partial charge in [-0.1, -0.05) is 42.5 Å². The third-order valence-corrected chi connectivity index (χ3v) is 7.42. The Labute approximate surface area is 170 Å². The fourth-order valence-electron chi connectivity index (χ4n) is 4.59. The summed E-state index contributed by atoms with van der Waals surface area (Å²) in [6.07, 6.45) is 11.9. The van der Waals surface area contributed by atoms with Crippen molar-refractivity contribution in [3.05, 3.63) is 48.0 Å². The second-order valence-electron chi connectivity index (χ2n) is 7.98. The summed E-state index contributed by atoms with van der Waals surface area (Å²) in [6.45, 7) is 0. The molecule has 0 amide bonds. The summed E-state index contributed by atoms with van der Waals surface area (Å²) in [5.74, 6) is 1.82. The molecule has 0 aliphatic carbocycles. The van der Waals surface area contributed by atoms with Crippen molar-refractivity contribution in [3.63, 3.8) is 0 Å². The van der Waals surface area contributed by atoms with E-state index in [2.05, 4.69) is 24.3 Å². The van der Waals surface area contributed by atoms with E-state index in [0.29, 0.717) is 30.5 Å². The number of carboxylic acids is 1. The molecule has 0 spiro atoms. The molecule has 0 radical (unpaired) electrons. The van der Waals surface area contributed by atoms with Crippen molar-refractivity contribution in [1.29, 1.82) is 0 Å². The number of aliphatic carboxylic acids is 1. The van der Waals surface area contributed by atoms with Crippen molar-refractivity contribution >= 4 is 16.8 Å². The lowest BCUT2D eigenvalue weighted by atomic mass is 9.76. The SMILES string of the molecule is O=C(O)CCCC=CC[C@@H]1[C@@H](CCS(=O)CCc2ccccc2)[C@@H]2CC[C@H]1O2. The summed E-state index contributed by atoms with van der Waals surface area (Å²) in [7, 11) is -0.777. The zero-order valence-corrected chi connectivity index (χ0v) is 17.3. The van der Waals surface area contributed by atoms with Crippen LogP contribution in [0.2, 0.25) is 0 Å². The van der Waals surface area contributed by atoms with Gasteiger partial charge in [0.2, 0.25) is 0 Å². The van der Waals surface area contributed by atoms with E-state index < -0.39 is 16.8 Å². The van der Waals surface area contributed by atoms with E-state index >= 15 is 0 Å². The molecule has 1 unspecified atom stereocenters. The zero-order chi connectivity index (χ0) is 19.8. The minimum atomic E-state index is -0.777. The quantitative estimate of drug-likeness (QED) is 0.415. The molecular weight excluding hydrogens is 372 g/mol. The average molecular weight is 405 g/mol. The molecule has 5 atom stereocenters. The van der Waals surface area contributed by atoms with E-state index in [9.17, 15) is 9.00 Å². The van der Waals surface area contributed by atoms with Crippen molar-refractivity contribution in [2.45, 2.75) is 63.6 Å². The monoisotopic (exact) mass is 404 g/mol. The van der Waals surface area contributed by atoms with Gasteiger partial charge >= 0.3 is 5.97 Å². The maximum absolute atomic E-state index is 12.5. The van der Waals surface area contributed by atoms with Crippen LogP contribution in [0.3, 0.4) is 0 Å². The first-order valence-electron chi connectivity index (χ1n) is 10.5. The van der Waals surface area contributed by atoms with Gasteiger partial charge < -0.3 is 9.84 Å². The standard InChI is InChI=1S/C23H32O4S/c24-23(25)11-7-2-1-6-10-19-20(22-13-12-21(19)27-22)15-17-28(26)16-14-18-8-4-3-5-9-18/h1,3-6,8-9,19-22H,2,7,10-17H2,(H,24,25)/t19-,20-,21-,22+,28?/m1/s1. The fourth-order valence-corrected chi connectivity index (χ4v) is 5.79. The number of benzene rings is 1. The third-order valence-electron chi connectivity index (χ3n) is 6.07. The van der Waals surface area contributed by atoms with Crippen LogP contribution < -0.4 is 0 Å². The summed E-state index contributed by atoms with van der Waals surface area (Å²) >= 11 is 0. The molecule has 2 fully saturated rings. The molecule has 1 aromatic carbocycles. The molecule has 1 N–H and O–H groups in total. The molecule has 2 aliphatic heterocycles. The molecule has 2 saturated heterocycles. The molecule has 4 nitrogen and oxygen atoms in total. The summed E-state index contributed by atoms with van der Waals surface area (Å²) < 4.78 is 18.6. The van der Waals surface area contributed by atoms with Crippen LogP contribution >= 0.6 is 0 Å². The van der Waals surface area contributed by atoms with Gasteiger partial charge in [0.25, 0.3) is 0 Å². The lowest BCUT2D eigenvalue weighted by molar-refractivity contribution is -0.137. The lowest BCUT2D eigenvalue weighted by Gasteiger charge is -2.27. The highest BCUT2D eigenvalue weighted by molar-refractivity contribution is 7.84. The molecule has 2 heterocycles. The van der Waals surface area contributed by atoms with Crippen LogP contribution in [0.15, 0.2) is 42.5 Å². The van der Waals surface area contributed by atoms with Crippen LogP contribution in [0, 0.1) is 11.8 Å². The van der Waals surface area contributed by atoms with Crippen LogP contribution in [0.4, 0.5) is 0 Å². The van der Waals surface area contributed by atoms with Crippen LogP contribution in [0.25, 0.3) is 0 Å². The number of rotatable bonds is 12. The van der Waals surface area contributed by atoms with Gasteiger partial charge in [-0.25, -0.2) is 0 Å². The fraction of sp³-hybridized carbons (Fsp3) is 0.609. The smallest absolute Gasteiger partial charge is 0.303 e. The predicted molar refractivity (Wildman–Crippen MR) is 113 cm³/mol. The Balaban J connectivity index is 1.40. The number of fused-ring (bicyclic) bond motifs is 2. The van der Waals surface area contributed by atoms with Crippen LogP contribution in [0.5, 0.6) is 0 Å². The van der Waals surface area contributed by atoms with Crippen molar-refractivity contribution in [2.24, 2.45) is 11.8 Å². The first-order valence-corrected chi connectivity index (χ1v) is 12.0. The minimum Gasteiger partial charge on any atom is -0.481 e. The molecule has 3 rings (SSSR count). The first-order chi connectivity index (χ1) is 13.6. The summed E-state index contributed by atoms with van der Waals surface area (Å²) in [6, 6.07) is 10.3. The van der Waals surface area contributed by atoms with E-state index in [1.54, 1.807) is 0 Å². The Morgan fingerprint density at radius 2 is 1.86 bits per heavy atom. The van der Waals surface area contributed by atoms with Crippen LogP contribution in [-0.2, 0) is 26.8 Å². The maximum atomic E-state index is 12.5. The van der Waals surface area contributed by atoms with E-state index in [0.717, 1.165) is 50.0 Å². The van der Waals surface area contributed by atoms with Crippen molar-refractivity contribution in [2.75, 3.05) is 11.5 Å². The molecule has 0 aromatic heterocycles. The Kier molecular flexibility index (Phi) is 8.28. The number of hydrogen-bond donors (Lipinski definition) is 1. The van der Waals surface area contributed by atoms with Gasteiger partial charge in [-0.15, -0.1) is 0 Å². The van der Waals surface area contributed by atoms with Gasteiger partial charge in [0.15, 0.2) is 0 Å². The van der Waals surface area contributed by atoms with Crippen molar-refractivity contribution < 1.29 is 18.8 Å². The maximum Gasteiger partial charge on any atom is 0.303 e. The molecular formula is C23H32O4S. The Hall–Kier alpha value is -1.46. The number of ether oxygens (including phenoxy) is 1. The number of aryl methyl sites for hydroxylation is 1. The van der Waals surface area contributed by atoms with Crippen LogP contribution in [0.1, 0.15) is 50.5 Å². The predicted octanol–water partition coefficient (Wildman–Crippen LogP) is 4.36. The van der Waals surface area contributed by atoms with E-state index in [1.165, 1.54) is 5.56 Å². The molecule has 0 saturated carbocycles. The molecule has 1 aromatic rings. The lowest BCUT2D eigenvalue weighted by Crippen LogP contribution is -2.28. The summed E-state index contributed by atoms with van der Waals surface area (Å²) in [5.41, 5.74) is 1.25. The number of carbonyl (C=O) groups is 1. The number of carboxylic acid groups (broad SMARTS) is 1. The number of hydrogen-bond acceptors (Lipinski definition) is 3. The van der Waals surface area contributed by atoms with Crippen molar-refractivity contribution in [3.8, 4) is 0 Å². The highest BCUT2D eigenvalue weighted by Gasteiger charge is 2.47. The van der Waals surface area contributed by atoms with Gasteiger partial charge in [-0.05, 0) is 62.3 Å². The second-order valence-corrected chi connectivity index (χ2v) is 9.68. The largest absolute Gasteiger partial charge is 0.481 e. The normalized spacial score (nSPS) is 27.4. The number of unbranched alkanes of at least 4 members (excludes halogenated alkanes) is 1. The first kappa shape index (κ1) is 21.3. The molecule has 28 heavy (non-hydrogen) atoms. The van der Waals surface area contributed by atoms with Gasteiger partial charge in [0.05, 0.1) is 12.2 Å². The summed E-state index contributed by atoms with van der Waals surface area (Å²) in [5, 5.41) is 8.69. The summed E-state index contributed by atoms with van der Waals surface area (Å²) in [4.78, 5) is 10.6. The van der Waals surface area contributed by atoms with Gasteiger partial charge in [0.1, 0.15) is 0 Å². The highest BCUT2D eigenvalue weighted by Crippen LogP contribution is 2.46. The average Bonchev–Trinajstić information content (AvgIpc) is 3.30. The van der Waals surface area contributed by atoms with E-state index in [-0.39, 0.29) is 6.42 Å². The molecule has 2 aliphatic rings. The number of allylic oxidation sites excluding steroid dienone is 2. The van der Waals surface area contributed by atoms with Crippen molar-refractivity contribution in [1.82, 2.24) is 0 Å². The molecule has 154 valence electrons. The topological polar surface area (TPSA) is 63.6 Å². The Morgan fingerprint density at radius 1 is 1.11 bits per heavy atom.